The lowest BCUT2D eigenvalue weighted by Crippen LogP contribution is -2.41. The molecule has 2 saturated heterocycles. The molecule has 7 heteroatoms. The normalized spacial score (nSPS) is 21.3. The fourth-order valence-corrected chi connectivity index (χ4v) is 3.90. The highest BCUT2D eigenvalue weighted by Crippen LogP contribution is 2.25. The number of carbonyl (C=O) groups excluding carboxylic acids is 1. The molecule has 1 unspecified atom stereocenters. The van der Waals surface area contributed by atoms with E-state index in [1.165, 1.54) is 42.3 Å². The fourth-order valence-electron chi connectivity index (χ4n) is 3.90. The van der Waals surface area contributed by atoms with E-state index < -0.39 is 0 Å². The minimum absolute atomic E-state index is 0.0496. The number of rotatable bonds is 3. The van der Waals surface area contributed by atoms with Gasteiger partial charge in [0.05, 0.1) is 11.9 Å². The molecular formula is C19H23FN4O2. The Kier molecular flexibility index (Phi) is 4.63. The van der Waals surface area contributed by atoms with E-state index in [1.807, 2.05) is 0 Å². The number of hydrogen-bond acceptors (Lipinski definition) is 4. The second-order valence-corrected chi connectivity index (χ2v) is 7.07. The van der Waals surface area contributed by atoms with Crippen LogP contribution in [0.5, 0.6) is 5.75 Å². The number of carbonyl (C=O) groups is 1. The Bertz CT molecular complexity index is 783. The van der Waals surface area contributed by atoms with Crippen LogP contribution in [0, 0.1) is 5.82 Å². The van der Waals surface area contributed by atoms with Gasteiger partial charge in [0.25, 0.3) is 5.91 Å². The zero-order valence-corrected chi connectivity index (χ0v) is 14.6. The standard InChI is InChI=1S/C19H23FN4O2/c20-14-4-6-15(7-5-14)24-13-17(25)18(21-24)19(26)23-11-8-16(12-23)22-9-2-1-3-10-22/h4-7,13,16,25H,1-3,8-12H2. The largest absolute Gasteiger partial charge is 0.504 e. The van der Waals surface area contributed by atoms with Gasteiger partial charge in [-0.1, -0.05) is 6.42 Å². The maximum Gasteiger partial charge on any atom is 0.278 e. The van der Waals surface area contributed by atoms with Gasteiger partial charge >= 0.3 is 0 Å². The predicted octanol–water partition coefficient (Wildman–Crippen LogP) is 2.42. The van der Waals surface area contributed by atoms with Crippen LogP contribution in [0.4, 0.5) is 4.39 Å². The molecule has 2 aromatic rings. The highest BCUT2D eigenvalue weighted by molar-refractivity contribution is 5.95. The van der Waals surface area contributed by atoms with Gasteiger partial charge in [0.15, 0.2) is 11.4 Å². The lowest BCUT2D eigenvalue weighted by molar-refractivity contribution is 0.0762. The van der Waals surface area contributed by atoms with Crippen molar-refractivity contribution in [3.8, 4) is 11.4 Å². The van der Waals surface area contributed by atoms with E-state index in [-0.39, 0.29) is 23.2 Å². The van der Waals surface area contributed by atoms with Crippen LogP contribution in [-0.2, 0) is 0 Å². The Morgan fingerprint density at radius 1 is 1.12 bits per heavy atom. The first-order valence-electron chi connectivity index (χ1n) is 9.20. The van der Waals surface area contributed by atoms with Crippen LogP contribution >= 0.6 is 0 Å². The van der Waals surface area contributed by atoms with Crippen molar-refractivity contribution in [2.24, 2.45) is 0 Å². The minimum Gasteiger partial charge on any atom is -0.504 e. The fraction of sp³-hybridized carbons (Fsp3) is 0.474. The third-order valence-electron chi connectivity index (χ3n) is 5.35. The van der Waals surface area contributed by atoms with Crippen LogP contribution in [0.25, 0.3) is 5.69 Å². The van der Waals surface area contributed by atoms with E-state index in [4.69, 9.17) is 0 Å². The first-order valence-corrected chi connectivity index (χ1v) is 9.20. The summed E-state index contributed by atoms with van der Waals surface area (Å²) < 4.78 is 14.5. The van der Waals surface area contributed by atoms with Crippen LogP contribution in [0.1, 0.15) is 36.2 Å². The summed E-state index contributed by atoms with van der Waals surface area (Å²) in [5, 5.41) is 14.4. The van der Waals surface area contributed by atoms with Crippen molar-refractivity contribution in [2.75, 3.05) is 26.2 Å². The number of halogens is 1. The monoisotopic (exact) mass is 358 g/mol. The van der Waals surface area contributed by atoms with Gasteiger partial charge in [-0.15, -0.1) is 0 Å². The van der Waals surface area contributed by atoms with Crippen LogP contribution in [0.2, 0.25) is 0 Å². The average molecular weight is 358 g/mol. The van der Waals surface area contributed by atoms with Crippen molar-refractivity contribution in [1.82, 2.24) is 19.6 Å². The van der Waals surface area contributed by atoms with Crippen LogP contribution < -0.4 is 0 Å². The van der Waals surface area contributed by atoms with Crippen LogP contribution in [0.15, 0.2) is 30.5 Å². The summed E-state index contributed by atoms with van der Waals surface area (Å²) >= 11 is 0. The lowest BCUT2D eigenvalue weighted by atomic mass is 10.1. The van der Waals surface area contributed by atoms with Crippen molar-refractivity contribution < 1.29 is 14.3 Å². The molecule has 26 heavy (non-hydrogen) atoms. The topological polar surface area (TPSA) is 61.6 Å². The Hall–Kier alpha value is -2.41. The maximum absolute atomic E-state index is 13.1. The number of amides is 1. The summed E-state index contributed by atoms with van der Waals surface area (Å²) in [6, 6.07) is 6.15. The summed E-state index contributed by atoms with van der Waals surface area (Å²) in [5.41, 5.74) is 0.641. The number of aromatic hydroxyl groups is 1. The molecule has 1 aromatic carbocycles. The quantitative estimate of drug-likeness (QED) is 0.915. The molecule has 6 nitrogen and oxygen atoms in total. The highest BCUT2D eigenvalue weighted by Gasteiger charge is 2.33. The van der Waals surface area contributed by atoms with Gasteiger partial charge in [-0.2, -0.15) is 5.10 Å². The molecule has 0 bridgehead atoms. The van der Waals surface area contributed by atoms with Gasteiger partial charge in [-0.3, -0.25) is 9.69 Å². The molecule has 1 amide bonds. The molecular weight excluding hydrogens is 335 g/mol. The number of nitrogens with zero attached hydrogens (tertiary/aromatic N) is 4. The Morgan fingerprint density at radius 3 is 2.58 bits per heavy atom. The first-order chi connectivity index (χ1) is 12.6. The molecule has 0 spiro atoms. The van der Waals surface area contributed by atoms with Crippen LogP contribution in [-0.4, -0.2) is 62.8 Å². The Labute approximate surface area is 151 Å². The smallest absolute Gasteiger partial charge is 0.278 e. The van der Waals surface area contributed by atoms with Gasteiger partial charge in [-0.25, -0.2) is 9.07 Å². The number of benzene rings is 1. The van der Waals surface area contributed by atoms with Crippen molar-refractivity contribution >= 4 is 5.91 Å². The van der Waals surface area contributed by atoms with E-state index in [0.29, 0.717) is 24.8 Å². The van der Waals surface area contributed by atoms with E-state index in [2.05, 4.69) is 10.00 Å². The molecule has 2 fully saturated rings. The van der Waals surface area contributed by atoms with Crippen LogP contribution in [0.3, 0.4) is 0 Å². The molecule has 138 valence electrons. The van der Waals surface area contributed by atoms with Gasteiger partial charge in [0.1, 0.15) is 5.82 Å². The molecule has 1 N–H and O–H groups in total. The number of hydrogen-bond donors (Lipinski definition) is 1. The maximum atomic E-state index is 13.1. The number of likely N-dealkylation sites (tertiary alicyclic amines) is 2. The van der Waals surface area contributed by atoms with E-state index in [9.17, 15) is 14.3 Å². The Balaban J connectivity index is 1.47. The third kappa shape index (κ3) is 3.31. The molecule has 2 aliphatic heterocycles. The van der Waals surface area contributed by atoms with Crippen molar-refractivity contribution in [2.45, 2.75) is 31.7 Å². The molecule has 4 rings (SSSR count). The van der Waals surface area contributed by atoms with Gasteiger partial charge in [0, 0.05) is 19.1 Å². The van der Waals surface area contributed by atoms with Gasteiger partial charge in [0.2, 0.25) is 0 Å². The zero-order chi connectivity index (χ0) is 18.1. The second-order valence-electron chi connectivity index (χ2n) is 7.07. The molecule has 1 aromatic heterocycles. The molecule has 0 aliphatic carbocycles. The van der Waals surface area contributed by atoms with E-state index in [1.54, 1.807) is 17.0 Å². The second kappa shape index (κ2) is 7.07. The summed E-state index contributed by atoms with van der Waals surface area (Å²) in [7, 11) is 0. The van der Waals surface area contributed by atoms with E-state index >= 15 is 0 Å². The zero-order valence-electron chi connectivity index (χ0n) is 14.6. The molecule has 1 atom stereocenters. The first kappa shape index (κ1) is 17.0. The van der Waals surface area contributed by atoms with E-state index in [0.717, 1.165) is 19.5 Å². The summed E-state index contributed by atoms with van der Waals surface area (Å²) in [5.74, 6) is -0.745. The minimum atomic E-state index is -0.345. The van der Waals surface area contributed by atoms with Crippen molar-refractivity contribution in [3.63, 3.8) is 0 Å². The highest BCUT2D eigenvalue weighted by atomic mass is 19.1. The lowest BCUT2D eigenvalue weighted by Gasteiger charge is -2.32. The Morgan fingerprint density at radius 2 is 1.85 bits per heavy atom. The molecule has 3 heterocycles. The summed E-state index contributed by atoms with van der Waals surface area (Å²) in [6.45, 7) is 3.58. The van der Waals surface area contributed by atoms with Crippen molar-refractivity contribution in [3.05, 3.63) is 42.0 Å². The average Bonchev–Trinajstić information content (AvgIpc) is 3.30. The molecule has 2 aliphatic rings. The number of aromatic nitrogens is 2. The summed E-state index contributed by atoms with van der Waals surface area (Å²) in [6.07, 6.45) is 6.10. The number of piperidine rings is 1. The third-order valence-corrected chi connectivity index (χ3v) is 5.35. The molecule has 0 saturated carbocycles. The predicted molar refractivity (Wildman–Crippen MR) is 94.9 cm³/mol. The van der Waals surface area contributed by atoms with Gasteiger partial charge in [-0.05, 0) is 56.6 Å². The van der Waals surface area contributed by atoms with Gasteiger partial charge < -0.3 is 10.0 Å². The van der Waals surface area contributed by atoms with Crippen molar-refractivity contribution in [1.29, 1.82) is 0 Å². The summed E-state index contributed by atoms with van der Waals surface area (Å²) in [4.78, 5) is 17.1. The molecule has 0 radical (unpaired) electrons. The SMILES string of the molecule is O=C(c1nn(-c2ccc(F)cc2)cc1O)N1CCC(N2CCCCC2)C1.